The molecule has 0 aliphatic carbocycles. The van der Waals surface area contributed by atoms with Crippen LogP contribution in [0.4, 0.5) is 0 Å². The van der Waals surface area contributed by atoms with Crippen molar-refractivity contribution < 1.29 is 0 Å². The van der Waals surface area contributed by atoms with Crippen LogP contribution in [0.1, 0.15) is 16.7 Å². The fourth-order valence-electron chi connectivity index (χ4n) is 9.18. The van der Waals surface area contributed by atoms with Crippen LogP contribution in [0.15, 0.2) is 272 Å². The lowest BCUT2D eigenvalue weighted by Crippen LogP contribution is -2.74. The van der Waals surface area contributed by atoms with Gasteiger partial charge in [0.2, 0.25) is 0 Å². The largest absolute Gasteiger partial charge is 0.398 e. The topological polar surface area (TPSA) is 38.4 Å². The molecule has 298 valence electrons. The SMILES string of the molecule is N/C(=C\C(=NCc1ccccc1)c1cccc([Si](c2ccccc2)(c2ccccc2)c2ccccc2)c1)c1cccc([Si](c2ccccc2)(c2ccccc2)c2ccccc2)c1. The number of hydrogen-bond donors (Lipinski definition) is 1. The van der Waals surface area contributed by atoms with Crippen LogP contribution in [0, 0.1) is 0 Å². The van der Waals surface area contributed by atoms with E-state index in [2.05, 4.69) is 261 Å². The van der Waals surface area contributed by atoms with Crippen LogP contribution in [0.5, 0.6) is 0 Å². The van der Waals surface area contributed by atoms with E-state index in [4.69, 9.17) is 10.7 Å². The van der Waals surface area contributed by atoms with Gasteiger partial charge in [0.05, 0.1) is 12.3 Å². The van der Waals surface area contributed by atoms with Gasteiger partial charge in [-0.1, -0.05) is 261 Å². The highest BCUT2D eigenvalue weighted by Gasteiger charge is 2.42. The molecule has 0 unspecified atom stereocenters. The molecule has 0 amide bonds. The van der Waals surface area contributed by atoms with Crippen molar-refractivity contribution in [3.05, 3.63) is 284 Å². The van der Waals surface area contributed by atoms with E-state index in [9.17, 15) is 0 Å². The molecule has 0 saturated carbocycles. The molecule has 0 aliphatic heterocycles. The van der Waals surface area contributed by atoms with Gasteiger partial charge in [-0.15, -0.1) is 0 Å². The minimum atomic E-state index is -2.80. The molecule has 2 N–H and O–H groups in total. The summed E-state index contributed by atoms with van der Waals surface area (Å²) in [5.41, 5.74) is 12.0. The van der Waals surface area contributed by atoms with Crippen molar-refractivity contribution in [2.24, 2.45) is 10.7 Å². The molecule has 0 spiro atoms. The molecule has 0 bridgehead atoms. The first-order chi connectivity index (χ1) is 30.7. The van der Waals surface area contributed by atoms with E-state index in [1.54, 1.807) is 0 Å². The number of rotatable bonds is 13. The second-order valence-electron chi connectivity index (χ2n) is 15.6. The van der Waals surface area contributed by atoms with Crippen molar-refractivity contribution in [2.75, 3.05) is 0 Å². The average molecular weight is 829 g/mol. The molecule has 0 radical (unpaired) electrons. The summed E-state index contributed by atoms with van der Waals surface area (Å²) in [5.74, 6) is 0. The highest BCUT2D eigenvalue weighted by molar-refractivity contribution is 7.20. The molecule has 0 aliphatic rings. The number of hydrogen-bond acceptors (Lipinski definition) is 2. The van der Waals surface area contributed by atoms with E-state index in [0.717, 1.165) is 22.4 Å². The quantitative estimate of drug-likeness (QED) is 0.0734. The molecule has 9 aromatic rings. The number of nitrogens with zero attached hydrogens (tertiary/aromatic N) is 1. The normalized spacial score (nSPS) is 12.2. The van der Waals surface area contributed by atoms with Crippen LogP contribution < -0.4 is 47.2 Å². The van der Waals surface area contributed by atoms with Crippen LogP contribution in [-0.2, 0) is 6.54 Å². The molecule has 9 rings (SSSR count). The number of benzene rings is 9. The highest BCUT2D eigenvalue weighted by atomic mass is 28.3. The molecule has 9 aromatic carbocycles. The Kier molecular flexibility index (Phi) is 11.9. The van der Waals surface area contributed by atoms with Gasteiger partial charge < -0.3 is 5.73 Å². The first kappa shape index (κ1) is 40.1. The Labute approximate surface area is 368 Å². The second kappa shape index (κ2) is 18.5. The monoisotopic (exact) mass is 828 g/mol. The van der Waals surface area contributed by atoms with Gasteiger partial charge in [0.25, 0.3) is 0 Å². The summed E-state index contributed by atoms with van der Waals surface area (Å²) in [5, 5.41) is 10.5. The molecule has 4 heteroatoms. The zero-order valence-corrected chi connectivity index (χ0v) is 36.6. The van der Waals surface area contributed by atoms with Crippen LogP contribution >= 0.6 is 0 Å². The maximum Gasteiger partial charge on any atom is 0.179 e. The zero-order chi connectivity index (χ0) is 42.0. The third kappa shape index (κ3) is 7.85. The summed E-state index contributed by atoms with van der Waals surface area (Å²) in [4.78, 5) is 5.37. The summed E-state index contributed by atoms with van der Waals surface area (Å²) in [7, 11) is -5.57. The third-order valence-corrected chi connectivity index (χ3v) is 21.6. The Balaban J connectivity index is 1.22. The summed E-state index contributed by atoms with van der Waals surface area (Å²) >= 11 is 0. The molecule has 0 atom stereocenters. The van der Waals surface area contributed by atoms with Crippen molar-refractivity contribution in [3.8, 4) is 0 Å². The number of nitrogens with two attached hydrogens (primary N) is 1. The fourth-order valence-corrected chi connectivity index (χ4v) is 18.8. The van der Waals surface area contributed by atoms with Crippen LogP contribution in [0.3, 0.4) is 0 Å². The lowest BCUT2D eigenvalue weighted by molar-refractivity contribution is 1.07. The van der Waals surface area contributed by atoms with Gasteiger partial charge in [-0.3, -0.25) is 4.99 Å². The van der Waals surface area contributed by atoms with E-state index < -0.39 is 16.1 Å². The Morgan fingerprint density at radius 2 is 0.629 bits per heavy atom. The molecule has 2 nitrogen and oxygen atoms in total. The van der Waals surface area contributed by atoms with Crippen molar-refractivity contribution >= 4 is 69.1 Å². The number of allylic oxidation sites excluding steroid dienone is 1. The molecular formula is C58H48N2Si2. The molecule has 0 aromatic heterocycles. The lowest BCUT2D eigenvalue weighted by atomic mass is 10.1. The van der Waals surface area contributed by atoms with Gasteiger partial charge in [-0.05, 0) is 64.3 Å². The average Bonchev–Trinajstić information content (AvgIpc) is 3.36. The summed E-state index contributed by atoms with van der Waals surface area (Å²) in [6, 6.07) is 94.7. The van der Waals surface area contributed by atoms with Crippen LogP contribution in [0.25, 0.3) is 5.70 Å². The Bertz CT molecular complexity index is 2710. The van der Waals surface area contributed by atoms with E-state index in [1.165, 1.54) is 41.5 Å². The van der Waals surface area contributed by atoms with Crippen molar-refractivity contribution in [1.29, 1.82) is 0 Å². The van der Waals surface area contributed by atoms with Crippen LogP contribution in [0.2, 0.25) is 0 Å². The van der Waals surface area contributed by atoms with E-state index >= 15 is 0 Å². The molecular weight excluding hydrogens is 781 g/mol. The number of aliphatic imine (C=N–C) groups is 1. The predicted octanol–water partition coefficient (Wildman–Crippen LogP) is 7.43. The van der Waals surface area contributed by atoms with E-state index in [1.807, 2.05) is 6.07 Å². The van der Waals surface area contributed by atoms with E-state index in [0.29, 0.717) is 12.2 Å². The van der Waals surface area contributed by atoms with Gasteiger partial charge >= 0.3 is 0 Å². The minimum absolute atomic E-state index is 0.523. The van der Waals surface area contributed by atoms with Gasteiger partial charge in [0.15, 0.2) is 16.1 Å². The van der Waals surface area contributed by atoms with Crippen molar-refractivity contribution in [2.45, 2.75) is 6.54 Å². The maximum atomic E-state index is 7.33. The van der Waals surface area contributed by atoms with Crippen molar-refractivity contribution in [1.82, 2.24) is 0 Å². The molecule has 0 fully saturated rings. The second-order valence-corrected chi connectivity index (χ2v) is 23.3. The van der Waals surface area contributed by atoms with Gasteiger partial charge in [-0.2, -0.15) is 0 Å². The summed E-state index contributed by atoms with van der Waals surface area (Å²) in [6.07, 6.45) is 2.09. The standard InChI is InChI=1S/C58H48N2Si2/c59-57(47-26-22-40-55(42-47)61(49-28-10-2-11-29-49,50-30-12-3-13-31-50)51-32-14-4-15-33-51)44-58(60-45-46-24-8-1-9-25-46)48-27-23-41-56(43-48)62(52-34-16-5-17-35-52,53-36-18-6-19-37-53)54-38-20-7-21-39-54/h1-44H,45,59H2/b57-44-,60-58?. The molecule has 62 heavy (non-hydrogen) atoms. The first-order valence-corrected chi connectivity index (χ1v) is 25.3. The van der Waals surface area contributed by atoms with Crippen LogP contribution in [-0.4, -0.2) is 21.9 Å². The van der Waals surface area contributed by atoms with Gasteiger partial charge in [0.1, 0.15) is 0 Å². The summed E-state index contributed by atoms with van der Waals surface area (Å²) in [6.45, 7) is 0.523. The highest BCUT2D eigenvalue weighted by Crippen LogP contribution is 2.18. The van der Waals surface area contributed by atoms with Gasteiger partial charge in [0, 0.05) is 5.70 Å². The Morgan fingerprint density at radius 3 is 0.984 bits per heavy atom. The molecule has 0 heterocycles. The Morgan fingerprint density at radius 1 is 0.339 bits per heavy atom. The van der Waals surface area contributed by atoms with Crippen molar-refractivity contribution in [3.63, 3.8) is 0 Å². The third-order valence-electron chi connectivity index (χ3n) is 12.0. The predicted molar refractivity (Wildman–Crippen MR) is 269 cm³/mol. The Hall–Kier alpha value is -7.38. The minimum Gasteiger partial charge on any atom is -0.398 e. The zero-order valence-electron chi connectivity index (χ0n) is 34.6. The smallest absolute Gasteiger partial charge is 0.179 e. The fraction of sp³-hybridized carbons (Fsp3) is 0.0172. The maximum absolute atomic E-state index is 7.33. The lowest BCUT2D eigenvalue weighted by Gasteiger charge is -2.34. The van der Waals surface area contributed by atoms with E-state index in [-0.39, 0.29) is 0 Å². The summed E-state index contributed by atoms with van der Waals surface area (Å²) < 4.78 is 0. The van der Waals surface area contributed by atoms with Gasteiger partial charge in [-0.25, -0.2) is 0 Å². The first-order valence-electron chi connectivity index (χ1n) is 21.3. The molecule has 0 saturated heterocycles.